The van der Waals surface area contributed by atoms with Gasteiger partial charge in [0.25, 0.3) is 0 Å². The molecule has 1 N–H and O–H groups in total. The third-order valence-electron chi connectivity index (χ3n) is 2.80. The van der Waals surface area contributed by atoms with Crippen molar-refractivity contribution in [3.63, 3.8) is 0 Å². The number of nitrogens with one attached hydrogen (secondary N) is 1. The van der Waals surface area contributed by atoms with Crippen molar-refractivity contribution in [3.05, 3.63) is 28.3 Å². The molecule has 102 valence electrons. The summed E-state index contributed by atoms with van der Waals surface area (Å²) >= 11 is 6.12. The van der Waals surface area contributed by atoms with Gasteiger partial charge in [0, 0.05) is 11.1 Å². The van der Waals surface area contributed by atoms with Crippen LogP contribution in [-0.2, 0) is 0 Å². The molecule has 18 heavy (non-hydrogen) atoms. The molecule has 0 heterocycles. The van der Waals surface area contributed by atoms with Crippen LogP contribution in [0.4, 0.5) is 0 Å². The van der Waals surface area contributed by atoms with Gasteiger partial charge in [-0.3, -0.25) is 0 Å². The normalized spacial score (nSPS) is 11.0. The van der Waals surface area contributed by atoms with Crippen LogP contribution in [0.5, 0.6) is 5.75 Å². The number of ether oxygens (including phenoxy) is 1. The van der Waals surface area contributed by atoms with E-state index in [-0.39, 0.29) is 0 Å². The molecule has 0 atom stereocenters. The van der Waals surface area contributed by atoms with Gasteiger partial charge in [0.1, 0.15) is 5.75 Å². The smallest absolute Gasteiger partial charge is 0.119 e. The molecule has 0 aliphatic rings. The van der Waals surface area contributed by atoms with E-state index < -0.39 is 0 Å². The molecule has 0 bridgehead atoms. The van der Waals surface area contributed by atoms with Crippen LogP contribution >= 0.6 is 11.6 Å². The number of hydrogen-bond donors (Lipinski definition) is 1. The van der Waals surface area contributed by atoms with Crippen molar-refractivity contribution in [2.24, 2.45) is 0 Å². The fraction of sp³-hybridized carbons (Fsp3) is 0.600. The zero-order valence-electron chi connectivity index (χ0n) is 11.8. The molecule has 2 nitrogen and oxygen atoms in total. The van der Waals surface area contributed by atoms with E-state index in [0.29, 0.717) is 6.04 Å². The Bertz CT molecular complexity index is 354. The average molecular weight is 270 g/mol. The molecule has 0 aromatic heterocycles. The van der Waals surface area contributed by atoms with Crippen molar-refractivity contribution in [1.82, 2.24) is 5.32 Å². The third-order valence-corrected chi connectivity index (χ3v) is 3.40. The lowest BCUT2D eigenvalue weighted by Crippen LogP contribution is -2.23. The second-order valence-electron chi connectivity index (χ2n) is 5.04. The maximum absolute atomic E-state index is 6.12. The molecule has 0 spiro atoms. The van der Waals surface area contributed by atoms with Gasteiger partial charge >= 0.3 is 0 Å². The van der Waals surface area contributed by atoms with Crippen LogP contribution in [-0.4, -0.2) is 19.2 Å². The quantitative estimate of drug-likeness (QED) is 0.752. The van der Waals surface area contributed by atoms with Crippen molar-refractivity contribution in [3.8, 4) is 5.75 Å². The Morgan fingerprint density at radius 1 is 1.17 bits per heavy atom. The summed E-state index contributed by atoms with van der Waals surface area (Å²) < 4.78 is 5.74. The van der Waals surface area contributed by atoms with Crippen LogP contribution in [0.25, 0.3) is 0 Å². The minimum atomic E-state index is 0.562. The van der Waals surface area contributed by atoms with E-state index in [1.807, 2.05) is 26.0 Å². The fourth-order valence-corrected chi connectivity index (χ4v) is 1.91. The van der Waals surface area contributed by atoms with Crippen LogP contribution in [0.15, 0.2) is 12.1 Å². The summed E-state index contributed by atoms with van der Waals surface area (Å²) in [4.78, 5) is 0. The van der Waals surface area contributed by atoms with Gasteiger partial charge in [-0.05, 0) is 56.5 Å². The van der Waals surface area contributed by atoms with E-state index in [2.05, 4.69) is 19.2 Å². The van der Waals surface area contributed by atoms with Crippen LogP contribution in [0, 0.1) is 13.8 Å². The van der Waals surface area contributed by atoms with Gasteiger partial charge in [-0.2, -0.15) is 0 Å². The molecule has 0 unspecified atom stereocenters. The maximum Gasteiger partial charge on any atom is 0.119 e. The topological polar surface area (TPSA) is 21.3 Å². The maximum atomic E-state index is 6.12. The highest BCUT2D eigenvalue weighted by molar-refractivity contribution is 6.32. The van der Waals surface area contributed by atoms with Crippen LogP contribution in [0.2, 0.25) is 5.02 Å². The summed E-state index contributed by atoms with van der Waals surface area (Å²) in [5.41, 5.74) is 2.15. The second kappa shape index (κ2) is 7.65. The summed E-state index contributed by atoms with van der Waals surface area (Å²) in [5.74, 6) is 0.922. The SMILES string of the molecule is Cc1cc(OCCCCNC(C)C)cc(C)c1Cl. The number of unbranched alkanes of at least 4 members (excludes halogenated alkanes) is 1. The molecular weight excluding hydrogens is 246 g/mol. The zero-order valence-corrected chi connectivity index (χ0v) is 12.6. The first-order valence-corrected chi connectivity index (χ1v) is 7.01. The number of benzene rings is 1. The highest BCUT2D eigenvalue weighted by Crippen LogP contribution is 2.25. The fourth-order valence-electron chi connectivity index (χ4n) is 1.80. The molecule has 0 saturated carbocycles. The number of rotatable bonds is 7. The molecular formula is C15H24ClNO. The lowest BCUT2D eigenvalue weighted by molar-refractivity contribution is 0.304. The number of halogens is 1. The first-order valence-electron chi connectivity index (χ1n) is 6.63. The van der Waals surface area contributed by atoms with Crippen LogP contribution in [0.3, 0.4) is 0 Å². The van der Waals surface area contributed by atoms with E-state index >= 15 is 0 Å². The molecule has 1 rings (SSSR count). The molecule has 0 aliphatic heterocycles. The predicted molar refractivity (Wildman–Crippen MR) is 78.8 cm³/mol. The van der Waals surface area contributed by atoms with Gasteiger partial charge in [0.15, 0.2) is 0 Å². The zero-order chi connectivity index (χ0) is 13.5. The van der Waals surface area contributed by atoms with Crippen LogP contribution < -0.4 is 10.1 Å². The van der Waals surface area contributed by atoms with Gasteiger partial charge in [-0.25, -0.2) is 0 Å². The third kappa shape index (κ3) is 5.28. The molecule has 0 saturated heterocycles. The van der Waals surface area contributed by atoms with Crippen molar-refractivity contribution >= 4 is 11.6 Å². The monoisotopic (exact) mass is 269 g/mol. The van der Waals surface area contributed by atoms with Crippen molar-refractivity contribution < 1.29 is 4.74 Å². The summed E-state index contributed by atoms with van der Waals surface area (Å²) in [5, 5.41) is 4.23. The Morgan fingerprint density at radius 3 is 2.33 bits per heavy atom. The largest absolute Gasteiger partial charge is 0.494 e. The molecule has 0 amide bonds. The number of hydrogen-bond acceptors (Lipinski definition) is 2. The minimum absolute atomic E-state index is 0.562. The molecule has 0 aliphatic carbocycles. The number of aryl methyl sites for hydroxylation is 2. The van der Waals surface area contributed by atoms with E-state index in [4.69, 9.17) is 16.3 Å². The summed E-state index contributed by atoms with van der Waals surface area (Å²) in [6.07, 6.45) is 2.21. The van der Waals surface area contributed by atoms with Crippen molar-refractivity contribution in [2.75, 3.05) is 13.2 Å². The second-order valence-corrected chi connectivity index (χ2v) is 5.41. The van der Waals surface area contributed by atoms with E-state index in [9.17, 15) is 0 Å². The average Bonchev–Trinajstić information content (AvgIpc) is 2.30. The summed E-state index contributed by atoms with van der Waals surface area (Å²) in [6, 6.07) is 4.57. The van der Waals surface area contributed by atoms with Crippen molar-refractivity contribution in [2.45, 2.75) is 46.6 Å². The molecule has 3 heteroatoms. The highest BCUT2D eigenvalue weighted by atomic mass is 35.5. The highest BCUT2D eigenvalue weighted by Gasteiger charge is 2.03. The van der Waals surface area contributed by atoms with Gasteiger partial charge < -0.3 is 10.1 Å². The van der Waals surface area contributed by atoms with Crippen LogP contribution in [0.1, 0.15) is 37.8 Å². The van der Waals surface area contributed by atoms with E-state index in [0.717, 1.165) is 47.9 Å². The molecule has 1 aromatic carbocycles. The van der Waals surface area contributed by atoms with Crippen molar-refractivity contribution in [1.29, 1.82) is 0 Å². The summed E-state index contributed by atoms with van der Waals surface area (Å²) in [7, 11) is 0. The van der Waals surface area contributed by atoms with Gasteiger partial charge in [-0.15, -0.1) is 0 Å². The standard InChI is InChI=1S/C15H24ClNO/c1-11(2)17-7-5-6-8-18-14-9-12(3)15(16)13(4)10-14/h9-11,17H,5-8H2,1-4H3. The van der Waals surface area contributed by atoms with E-state index in [1.165, 1.54) is 0 Å². The Hall–Kier alpha value is -0.730. The first kappa shape index (κ1) is 15.3. The minimum Gasteiger partial charge on any atom is -0.494 e. The van der Waals surface area contributed by atoms with E-state index in [1.54, 1.807) is 0 Å². The summed E-state index contributed by atoms with van der Waals surface area (Å²) in [6.45, 7) is 10.2. The van der Waals surface area contributed by atoms with Gasteiger partial charge in [0.05, 0.1) is 6.61 Å². The predicted octanol–water partition coefficient (Wildman–Crippen LogP) is 4.11. The first-order chi connectivity index (χ1) is 8.50. The Kier molecular flexibility index (Phi) is 6.51. The molecule has 0 fully saturated rings. The lowest BCUT2D eigenvalue weighted by atomic mass is 10.1. The van der Waals surface area contributed by atoms with Gasteiger partial charge in [-0.1, -0.05) is 25.4 Å². The van der Waals surface area contributed by atoms with Gasteiger partial charge in [0.2, 0.25) is 0 Å². The molecule has 1 aromatic rings. The Balaban J connectivity index is 2.27. The lowest BCUT2D eigenvalue weighted by Gasteiger charge is -2.11. The molecule has 0 radical (unpaired) electrons. The Labute approximate surface area is 116 Å². The Morgan fingerprint density at radius 2 is 1.78 bits per heavy atom.